The van der Waals surface area contributed by atoms with Gasteiger partial charge in [0.1, 0.15) is 12.3 Å². The normalized spacial score (nSPS) is 22.7. The highest BCUT2D eigenvalue weighted by molar-refractivity contribution is 7.69. The predicted molar refractivity (Wildman–Crippen MR) is 87.3 cm³/mol. The summed E-state index contributed by atoms with van der Waals surface area (Å²) in [4.78, 5) is 11.0. The molecule has 1 heterocycles. The highest BCUT2D eigenvalue weighted by Crippen LogP contribution is 2.51. The Kier molecular flexibility index (Phi) is 5.65. The van der Waals surface area contributed by atoms with Gasteiger partial charge in [-0.25, -0.2) is 4.67 Å². The molecule has 2 rings (SSSR count). The molecule has 0 radical (unpaired) electrons. The molecular weight excluding hydrogens is 301 g/mol. The molecule has 1 atom stereocenters. The van der Waals surface area contributed by atoms with Gasteiger partial charge in [-0.2, -0.15) is 0 Å². The van der Waals surface area contributed by atoms with E-state index in [9.17, 15) is 9.36 Å². The Labute approximate surface area is 131 Å². The molecule has 0 saturated carbocycles. The third-order valence-electron chi connectivity index (χ3n) is 3.73. The van der Waals surface area contributed by atoms with E-state index in [1.165, 1.54) is 0 Å². The van der Waals surface area contributed by atoms with Crippen LogP contribution in [0.2, 0.25) is 0 Å². The van der Waals surface area contributed by atoms with E-state index >= 15 is 0 Å². The third kappa shape index (κ3) is 4.11. The van der Waals surface area contributed by atoms with Gasteiger partial charge in [0.25, 0.3) is 0 Å². The van der Waals surface area contributed by atoms with E-state index in [0.717, 1.165) is 23.9 Å². The Balaban J connectivity index is 2.16. The number of carboxylic acid groups (broad SMARTS) is 1. The lowest BCUT2D eigenvalue weighted by Gasteiger charge is -2.34. The highest BCUT2D eigenvalue weighted by atomic mass is 31.2. The molecule has 22 heavy (non-hydrogen) atoms. The lowest BCUT2D eigenvalue weighted by atomic mass is 10.2. The summed E-state index contributed by atoms with van der Waals surface area (Å²) in [5.74, 6) is 0.271. The molecule has 1 aliphatic heterocycles. The van der Waals surface area contributed by atoms with Gasteiger partial charge >= 0.3 is 5.97 Å². The van der Waals surface area contributed by atoms with Crippen LogP contribution in [0.25, 0.3) is 0 Å². The van der Waals surface area contributed by atoms with Crippen LogP contribution in [0.1, 0.15) is 26.7 Å². The van der Waals surface area contributed by atoms with E-state index in [1.54, 1.807) is 4.67 Å². The van der Waals surface area contributed by atoms with Gasteiger partial charge in [-0.15, -0.1) is 0 Å². The number of hydrogen-bond acceptors (Lipinski definition) is 3. The molecule has 0 aromatic heterocycles. The zero-order valence-corrected chi connectivity index (χ0v) is 14.1. The lowest BCUT2D eigenvalue weighted by molar-refractivity contribution is -0.137. The smallest absolute Gasteiger partial charge is 0.318 e. The summed E-state index contributed by atoms with van der Waals surface area (Å²) in [6.07, 6.45) is 2.32. The van der Waals surface area contributed by atoms with Crippen LogP contribution >= 0.6 is 7.29 Å². The van der Waals surface area contributed by atoms with Crippen LogP contribution in [0.3, 0.4) is 0 Å². The molecule has 0 bridgehead atoms. The van der Waals surface area contributed by atoms with Gasteiger partial charge in [-0.05, 0) is 43.0 Å². The first-order valence-corrected chi connectivity index (χ1v) is 9.56. The van der Waals surface area contributed by atoms with Gasteiger partial charge < -0.3 is 14.4 Å². The van der Waals surface area contributed by atoms with Gasteiger partial charge in [-0.1, -0.05) is 13.8 Å². The number of carbonyl (C=O) groups is 1. The van der Waals surface area contributed by atoms with Crippen LogP contribution in [-0.4, -0.2) is 41.6 Å². The third-order valence-corrected chi connectivity index (χ3v) is 7.01. The van der Waals surface area contributed by atoms with Crippen molar-refractivity contribution in [2.75, 3.05) is 25.9 Å². The summed E-state index contributed by atoms with van der Waals surface area (Å²) in [7, 11) is -2.79. The Morgan fingerprint density at radius 3 is 2.59 bits per heavy atom. The molecule has 1 aliphatic rings. The zero-order valence-electron chi connectivity index (χ0n) is 13.2. The van der Waals surface area contributed by atoms with Gasteiger partial charge in [0.2, 0.25) is 0 Å². The van der Waals surface area contributed by atoms with Crippen LogP contribution in [0.4, 0.5) is 0 Å². The van der Waals surface area contributed by atoms with Crippen molar-refractivity contribution < 1.29 is 19.2 Å². The predicted octanol–water partition coefficient (Wildman–Crippen LogP) is 2.81. The molecule has 1 aromatic carbocycles. The molecule has 0 amide bonds. The van der Waals surface area contributed by atoms with E-state index in [4.69, 9.17) is 9.84 Å². The average Bonchev–Trinajstić information content (AvgIpc) is 2.48. The van der Waals surface area contributed by atoms with E-state index in [2.05, 4.69) is 13.8 Å². The fourth-order valence-corrected chi connectivity index (χ4v) is 5.55. The standard InChI is InChI=1S/C16H24NO4P/c1-13(2)12-21-14-5-7-15(8-6-14)22(20)10-4-3-9-17(22)11-16(18)19/h5-8,13H,3-4,9-12H2,1-2H3,(H,18,19). The van der Waals surface area contributed by atoms with Crippen LogP contribution in [0.15, 0.2) is 24.3 Å². The van der Waals surface area contributed by atoms with Gasteiger partial charge in [0.05, 0.1) is 6.61 Å². The van der Waals surface area contributed by atoms with Crippen molar-refractivity contribution >= 4 is 18.6 Å². The molecule has 1 fully saturated rings. The summed E-state index contributed by atoms with van der Waals surface area (Å²) >= 11 is 0. The Hall–Kier alpha value is -1.32. The maximum Gasteiger partial charge on any atom is 0.318 e. The summed E-state index contributed by atoms with van der Waals surface area (Å²) in [6, 6.07) is 7.28. The van der Waals surface area contributed by atoms with E-state index in [-0.39, 0.29) is 6.54 Å². The maximum atomic E-state index is 13.3. The van der Waals surface area contributed by atoms with Crippen LogP contribution in [-0.2, 0) is 9.36 Å². The van der Waals surface area contributed by atoms with Crippen molar-refractivity contribution in [1.82, 2.24) is 4.67 Å². The van der Waals surface area contributed by atoms with Crippen LogP contribution < -0.4 is 10.0 Å². The SMILES string of the molecule is CC(C)COc1ccc(P2(=O)CCCCN2CC(=O)O)cc1. The molecule has 0 spiro atoms. The first kappa shape index (κ1) is 17.0. The fourth-order valence-electron chi connectivity index (χ4n) is 2.60. The highest BCUT2D eigenvalue weighted by Gasteiger charge is 2.35. The number of hydrogen-bond donors (Lipinski definition) is 1. The second-order valence-corrected chi connectivity index (χ2v) is 9.05. The number of nitrogens with zero attached hydrogens (tertiary/aromatic N) is 1. The minimum absolute atomic E-state index is 0.164. The first-order chi connectivity index (χ1) is 10.4. The molecular formula is C16H24NO4P. The van der Waals surface area contributed by atoms with Crippen molar-refractivity contribution in [2.45, 2.75) is 26.7 Å². The molecule has 6 heteroatoms. The molecule has 1 aromatic rings. The lowest BCUT2D eigenvalue weighted by Crippen LogP contribution is -2.36. The van der Waals surface area contributed by atoms with Crippen LogP contribution in [0, 0.1) is 5.92 Å². The fraction of sp³-hybridized carbons (Fsp3) is 0.562. The molecule has 1 unspecified atom stereocenters. The van der Waals surface area contributed by atoms with Gasteiger partial charge in [0.15, 0.2) is 7.29 Å². The second-order valence-electron chi connectivity index (χ2n) is 6.11. The number of benzene rings is 1. The van der Waals surface area contributed by atoms with Gasteiger partial charge in [0, 0.05) is 18.0 Å². The Morgan fingerprint density at radius 2 is 2.00 bits per heavy atom. The maximum absolute atomic E-state index is 13.3. The summed E-state index contributed by atoms with van der Waals surface area (Å²) < 4.78 is 20.6. The zero-order chi connectivity index (χ0) is 16.2. The minimum Gasteiger partial charge on any atom is -0.493 e. The summed E-state index contributed by atoms with van der Waals surface area (Å²) in [5.41, 5.74) is 0. The first-order valence-electron chi connectivity index (χ1n) is 7.71. The number of aliphatic carboxylic acids is 1. The molecule has 5 nitrogen and oxygen atoms in total. The monoisotopic (exact) mass is 325 g/mol. The van der Waals surface area contributed by atoms with Crippen molar-refractivity contribution in [2.24, 2.45) is 5.92 Å². The van der Waals surface area contributed by atoms with E-state index in [0.29, 0.717) is 25.2 Å². The summed E-state index contributed by atoms with van der Waals surface area (Å²) in [5, 5.41) is 9.76. The molecule has 122 valence electrons. The van der Waals surface area contributed by atoms with Gasteiger partial charge in [-0.3, -0.25) is 4.79 Å². The molecule has 1 saturated heterocycles. The largest absolute Gasteiger partial charge is 0.493 e. The average molecular weight is 325 g/mol. The molecule has 0 aliphatic carbocycles. The van der Waals surface area contributed by atoms with Crippen molar-refractivity contribution in [3.8, 4) is 5.75 Å². The van der Waals surface area contributed by atoms with Crippen molar-refractivity contribution in [1.29, 1.82) is 0 Å². The number of carboxylic acids is 1. The number of rotatable bonds is 6. The Bertz CT molecular complexity index is 556. The van der Waals surface area contributed by atoms with E-state index in [1.807, 2.05) is 24.3 Å². The minimum atomic E-state index is -2.79. The van der Waals surface area contributed by atoms with E-state index < -0.39 is 13.3 Å². The van der Waals surface area contributed by atoms with Crippen molar-refractivity contribution in [3.63, 3.8) is 0 Å². The second kappa shape index (κ2) is 7.30. The van der Waals surface area contributed by atoms with Crippen molar-refractivity contribution in [3.05, 3.63) is 24.3 Å². The van der Waals surface area contributed by atoms with Crippen LogP contribution in [0.5, 0.6) is 5.75 Å². The molecule has 1 N–H and O–H groups in total. The quantitative estimate of drug-likeness (QED) is 0.815. The summed E-state index contributed by atoms with van der Waals surface area (Å²) in [6.45, 7) is 5.22. The topological polar surface area (TPSA) is 66.8 Å². The Morgan fingerprint density at radius 1 is 1.32 bits per heavy atom. The number of ether oxygens (including phenoxy) is 1.